The lowest BCUT2D eigenvalue weighted by Crippen LogP contribution is -2.05. The fourth-order valence-electron chi connectivity index (χ4n) is 5.79. The second-order valence-electron chi connectivity index (χ2n) is 10.9. The Kier molecular flexibility index (Phi) is 14.4. The van der Waals surface area contributed by atoms with Gasteiger partial charge in [0, 0.05) is 5.92 Å². The van der Waals surface area contributed by atoms with Crippen molar-refractivity contribution in [2.75, 3.05) is 6.61 Å². The van der Waals surface area contributed by atoms with Crippen molar-refractivity contribution in [2.24, 2.45) is 17.8 Å². The molecule has 0 aromatic heterocycles. The predicted molar refractivity (Wildman–Crippen MR) is 178 cm³/mol. The highest BCUT2D eigenvalue weighted by atomic mass is 16.5. The molecule has 2 aliphatic carbocycles. The van der Waals surface area contributed by atoms with Gasteiger partial charge in [0.05, 0.1) is 18.8 Å². The Morgan fingerprint density at radius 3 is 2.42 bits per heavy atom. The molecule has 2 aromatic carbocycles. The van der Waals surface area contributed by atoms with Gasteiger partial charge in [0.1, 0.15) is 18.1 Å². The van der Waals surface area contributed by atoms with E-state index in [2.05, 4.69) is 64.6 Å². The predicted octanol–water partition coefficient (Wildman–Crippen LogP) is 10.2. The van der Waals surface area contributed by atoms with Gasteiger partial charge in [-0.2, -0.15) is 0 Å². The third kappa shape index (κ3) is 9.13. The third-order valence-corrected chi connectivity index (χ3v) is 8.07. The third-order valence-electron chi connectivity index (χ3n) is 8.07. The lowest BCUT2D eigenvalue weighted by Gasteiger charge is -2.18. The van der Waals surface area contributed by atoms with Crippen LogP contribution in [0.1, 0.15) is 82.6 Å². The number of benzene rings is 2. The van der Waals surface area contributed by atoms with E-state index in [0.29, 0.717) is 12.4 Å². The SMILES string of the molecule is C=C(/C=C1/CC2C(C(=O)O)C2/C1=C/C)OCc1cccc(-c2c(C)cc(OCCCC)c(C)c2C)c1.CC.CC/C=C/O. The molecular weight excluding hydrogens is 536 g/mol. The Morgan fingerprint density at radius 2 is 1.84 bits per heavy atom. The van der Waals surface area contributed by atoms with Gasteiger partial charge in [-0.3, -0.25) is 4.79 Å². The summed E-state index contributed by atoms with van der Waals surface area (Å²) in [5.41, 5.74) is 9.43. The molecule has 4 rings (SSSR count). The lowest BCUT2D eigenvalue weighted by atomic mass is 9.91. The zero-order valence-corrected chi connectivity index (χ0v) is 27.5. The van der Waals surface area contributed by atoms with Gasteiger partial charge in [-0.25, -0.2) is 0 Å². The molecule has 0 amide bonds. The molecule has 5 heteroatoms. The summed E-state index contributed by atoms with van der Waals surface area (Å²) in [4.78, 5) is 11.4. The molecule has 0 radical (unpaired) electrons. The number of carboxylic acids is 1. The number of allylic oxidation sites excluding steroid dienone is 5. The summed E-state index contributed by atoms with van der Waals surface area (Å²) < 4.78 is 12.1. The molecule has 0 heterocycles. The molecule has 0 bridgehead atoms. The number of unbranched alkanes of at least 4 members (excludes halogenated alkanes) is 1. The van der Waals surface area contributed by atoms with Crippen LogP contribution in [0.2, 0.25) is 0 Å². The molecule has 5 nitrogen and oxygen atoms in total. The van der Waals surface area contributed by atoms with E-state index in [-0.39, 0.29) is 17.8 Å². The Labute approximate surface area is 259 Å². The first-order valence-electron chi connectivity index (χ1n) is 15.7. The summed E-state index contributed by atoms with van der Waals surface area (Å²) in [5.74, 6) is 1.06. The topological polar surface area (TPSA) is 76.0 Å². The molecule has 0 saturated heterocycles. The molecule has 2 N–H and O–H groups in total. The quantitative estimate of drug-likeness (QED) is 0.202. The fourth-order valence-corrected chi connectivity index (χ4v) is 5.79. The Hall–Kier alpha value is -3.73. The Bertz CT molecular complexity index is 1330. The number of aliphatic hydroxyl groups excluding tert-OH is 1. The number of fused-ring (bicyclic) bond motifs is 1. The van der Waals surface area contributed by atoms with Crippen molar-refractivity contribution >= 4 is 5.97 Å². The van der Waals surface area contributed by atoms with Crippen LogP contribution in [0.15, 0.2) is 78.3 Å². The van der Waals surface area contributed by atoms with Crippen LogP contribution < -0.4 is 4.74 Å². The number of hydrogen-bond donors (Lipinski definition) is 2. The molecule has 43 heavy (non-hydrogen) atoms. The zero-order chi connectivity index (χ0) is 32.1. The number of aliphatic carboxylic acids is 1. The van der Waals surface area contributed by atoms with Crippen molar-refractivity contribution in [1.29, 1.82) is 0 Å². The summed E-state index contributed by atoms with van der Waals surface area (Å²) >= 11 is 0. The van der Waals surface area contributed by atoms with E-state index in [1.807, 2.05) is 39.8 Å². The van der Waals surface area contributed by atoms with Gasteiger partial charge in [0.25, 0.3) is 0 Å². The summed E-state index contributed by atoms with van der Waals surface area (Å²) in [6.07, 6.45) is 10.6. The van der Waals surface area contributed by atoms with Crippen molar-refractivity contribution in [3.8, 4) is 16.9 Å². The number of ether oxygens (including phenoxy) is 2. The van der Waals surface area contributed by atoms with Gasteiger partial charge >= 0.3 is 5.97 Å². The normalized spacial score (nSPS) is 20.1. The van der Waals surface area contributed by atoms with E-state index >= 15 is 0 Å². The minimum atomic E-state index is -0.683. The van der Waals surface area contributed by atoms with Crippen LogP contribution in [0.25, 0.3) is 11.1 Å². The van der Waals surface area contributed by atoms with Crippen LogP contribution >= 0.6 is 0 Å². The molecule has 3 unspecified atom stereocenters. The van der Waals surface area contributed by atoms with Crippen LogP contribution in [0.5, 0.6) is 5.75 Å². The standard InChI is InChI=1S/C32H38O4.C4H8O.C2H6/c1-7-9-13-35-28-14-19(3)29(22(6)21(28)5)24-12-10-11-23(16-24)18-36-20(4)15-25-17-27-30(26(25)8-2)31(27)32(33)34;1-2-3-4-5;1-2/h8,10-12,14-16,27,30-31H,4,7,9,13,17-18H2,1-3,5-6H3,(H,33,34);3-5H,2H2,1H3;1-2H3/b25-15-,26-8+;4-3+;. The first-order chi connectivity index (χ1) is 20.7. The highest BCUT2D eigenvalue weighted by Gasteiger charge is 2.60. The number of rotatable bonds is 11. The average Bonchev–Trinajstić information content (AvgIpc) is 3.59. The number of carbonyl (C=O) groups is 1. The van der Waals surface area contributed by atoms with Gasteiger partial charge in [-0.05, 0) is 116 Å². The number of aliphatic hydroxyl groups is 1. The van der Waals surface area contributed by atoms with E-state index < -0.39 is 5.97 Å². The van der Waals surface area contributed by atoms with E-state index in [1.54, 1.807) is 6.08 Å². The monoisotopic (exact) mass is 588 g/mol. The van der Waals surface area contributed by atoms with Gasteiger partial charge in [0.15, 0.2) is 0 Å². The second kappa shape index (κ2) is 17.4. The molecule has 2 aliphatic rings. The molecule has 0 spiro atoms. The largest absolute Gasteiger partial charge is 0.516 e. The van der Waals surface area contributed by atoms with Crippen molar-refractivity contribution < 1.29 is 24.5 Å². The molecule has 3 atom stereocenters. The maximum absolute atomic E-state index is 11.4. The van der Waals surface area contributed by atoms with Crippen molar-refractivity contribution in [2.45, 2.75) is 87.7 Å². The van der Waals surface area contributed by atoms with Crippen molar-refractivity contribution in [1.82, 2.24) is 0 Å². The van der Waals surface area contributed by atoms with Gasteiger partial charge in [-0.1, -0.05) is 71.0 Å². The summed E-state index contributed by atoms with van der Waals surface area (Å²) in [5, 5.41) is 17.3. The summed E-state index contributed by atoms with van der Waals surface area (Å²) in [7, 11) is 0. The summed E-state index contributed by atoms with van der Waals surface area (Å²) in [6, 6.07) is 10.6. The van der Waals surface area contributed by atoms with Crippen LogP contribution in [0, 0.1) is 38.5 Å². The first-order valence-corrected chi connectivity index (χ1v) is 15.7. The van der Waals surface area contributed by atoms with Crippen molar-refractivity contribution in [3.63, 3.8) is 0 Å². The van der Waals surface area contributed by atoms with Gasteiger partial charge < -0.3 is 19.7 Å². The van der Waals surface area contributed by atoms with E-state index in [1.165, 1.54) is 27.8 Å². The van der Waals surface area contributed by atoms with E-state index in [0.717, 1.165) is 61.0 Å². The van der Waals surface area contributed by atoms with Crippen LogP contribution in [0.3, 0.4) is 0 Å². The molecule has 0 aliphatic heterocycles. The Morgan fingerprint density at radius 1 is 1.12 bits per heavy atom. The fraction of sp³-hybridized carbons (Fsp3) is 0.447. The molecule has 2 fully saturated rings. The maximum atomic E-state index is 11.4. The lowest BCUT2D eigenvalue weighted by molar-refractivity contribution is -0.139. The van der Waals surface area contributed by atoms with Crippen LogP contribution in [-0.2, 0) is 16.1 Å². The highest BCUT2D eigenvalue weighted by Crippen LogP contribution is 2.62. The Balaban J connectivity index is 0.000000836. The average molecular weight is 589 g/mol. The van der Waals surface area contributed by atoms with E-state index in [4.69, 9.17) is 14.6 Å². The van der Waals surface area contributed by atoms with Crippen LogP contribution in [0.4, 0.5) is 0 Å². The minimum Gasteiger partial charge on any atom is -0.516 e. The molecule has 2 aromatic rings. The molecule has 2 saturated carbocycles. The van der Waals surface area contributed by atoms with Gasteiger partial charge in [-0.15, -0.1) is 0 Å². The van der Waals surface area contributed by atoms with Crippen molar-refractivity contribution in [3.05, 3.63) is 101 Å². The number of aryl methyl sites for hydroxylation is 1. The van der Waals surface area contributed by atoms with E-state index in [9.17, 15) is 9.90 Å². The highest BCUT2D eigenvalue weighted by molar-refractivity contribution is 5.77. The first kappa shape index (κ1) is 35.5. The van der Waals surface area contributed by atoms with Gasteiger partial charge in [0.2, 0.25) is 0 Å². The molecule has 234 valence electrons. The summed E-state index contributed by atoms with van der Waals surface area (Å²) in [6.45, 7) is 21.8. The zero-order valence-electron chi connectivity index (χ0n) is 27.5. The minimum absolute atomic E-state index is 0.154. The molecular formula is C38H52O5. The maximum Gasteiger partial charge on any atom is 0.307 e. The number of hydrogen-bond acceptors (Lipinski definition) is 4. The van der Waals surface area contributed by atoms with Crippen LogP contribution in [-0.4, -0.2) is 22.8 Å². The number of carboxylic acid groups (broad SMARTS) is 1. The smallest absolute Gasteiger partial charge is 0.307 e. The second-order valence-corrected chi connectivity index (χ2v) is 10.9.